The van der Waals surface area contributed by atoms with E-state index in [2.05, 4.69) is 5.32 Å². The predicted octanol–water partition coefficient (Wildman–Crippen LogP) is 4.96. The van der Waals surface area contributed by atoms with Gasteiger partial charge in [-0.15, -0.1) is 0 Å². The number of benzene rings is 3. The molecule has 0 aliphatic carbocycles. The molecule has 3 aromatic rings. The van der Waals surface area contributed by atoms with Crippen LogP contribution >= 0.6 is 0 Å². The van der Waals surface area contributed by atoms with Crippen molar-refractivity contribution < 1.29 is 17.9 Å². The summed E-state index contributed by atoms with van der Waals surface area (Å²) in [6.07, 6.45) is 0. The van der Waals surface area contributed by atoms with E-state index in [0.717, 1.165) is 15.4 Å². The highest BCUT2D eigenvalue weighted by molar-refractivity contribution is 7.92. The van der Waals surface area contributed by atoms with Gasteiger partial charge in [0.1, 0.15) is 12.3 Å². The van der Waals surface area contributed by atoms with Crippen molar-refractivity contribution in [3.8, 4) is 5.75 Å². The molecular formula is C25H28N2O4S. The minimum absolute atomic E-state index is 0.0949. The van der Waals surface area contributed by atoms with Crippen molar-refractivity contribution in [3.63, 3.8) is 0 Å². The molecule has 0 heterocycles. The Morgan fingerprint density at radius 3 is 2.28 bits per heavy atom. The van der Waals surface area contributed by atoms with E-state index in [4.69, 9.17) is 4.74 Å². The predicted molar refractivity (Wildman–Crippen MR) is 128 cm³/mol. The van der Waals surface area contributed by atoms with Crippen LogP contribution in [0, 0.1) is 6.92 Å². The van der Waals surface area contributed by atoms with E-state index >= 15 is 0 Å². The third kappa shape index (κ3) is 4.94. The summed E-state index contributed by atoms with van der Waals surface area (Å²) < 4.78 is 33.5. The van der Waals surface area contributed by atoms with E-state index < -0.39 is 22.5 Å². The minimum atomic E-state index is -4.02. The number of para-hydroxylation sites is 3. The van der Waals surface area contributed by atoms with E-state index in [9.17, 15) is 13.2 Å². The van der Waals surface area contributed by atoms with Crippen molar-refractivity contribution in [1.29, 1.82) is 0 Å². The molecule has 0 radical (unpaired) electrons. The summed E-state index contributed by atoms with van der Waals surface area (Å²) >= 11 is 0. The van der Waals surface area contributed by atoms with Crippen molar-refractivity contribution in [3.05, 3.63) is 83.9 Å². The molecule has 168 valence electrons. The van der Waals surface area contributed by atoms with Gasteiger partial charge in [-0.1, -0.05) is 62.4 Å². The number of rotatable bonds is 8. The van der Waals surface area contributed by atoms with Crippen LogP contribution in [-0.4, -0.2) is 28.0 Å². The molecular weight excluding hydrogens is 424 g/mol. The van der Waals surface area contributed by atoms with Crippen LogP contribution in [0.3, 0.4) is 0 Å². The van der Waals surface area contributed by atoms with E-state index in [-0.39, 0.29) is 10.8 Å². The first-order valence-electron chi connectivity index (χ1n) is 10.4. The second-order valence-electron chi connectivity index (χ2n) is 7.74. The Morgan fingerprint density at radius 2 is 1.62 bits per heavy atom. The largest absolute Gasteiger partial charge is 0.495 e. The highest BCUT2D eigenvalue weighted by Crippen LogP contribution is 2.33. The van der Waals surface area contributed by atoms with Crippen LogP contribution in [0.15, 0.2) is 77.7 Å². The number of hydrogen-bond donors (Lipinski definition) is 1. The molecule has 0 atom stereocenters. The van der Waals surface area contributed by atoms with Crippen LogP contribution in [0.2, 0.25) is 0 Å². The highest BCUT2D eigenvalue weighted by atomic mass is 32.2. The van der Waals surface area contributed by atoms with Crippen molar-refractivity contribution in [2.75, 3.05) is 23.3 Å². The topological polar surface area (TPSA) is 75.7 Å². The Kier molecular flexibility index (Phi) is 7.20. The first kappa shape index (κ1) is 23.3. The summed E-state index contributed by atoms with van der Waals surface area (Å²) in [7, 11) is -2.55. The van der Waals surface area contributed by atoms with E-state index in [1.165, 1.54) is 19.2 Å². The lowest BCUT2D eigenvalue weighted by Crippen LogP contribution is -2.38. The van der Waals surface area contributed by atoms with Crippen LogP contribution in [0.1, 0.15) is 30.9 Å². The van der Waals surface area contributed by atoms with Crippen LogP contribution in [-0.2, 0) is 14.8 Å². The Hall–Kier alpha value is -3.32. The maximum absolute atomic E-state index is 13.5. The number of amides is 1. The number of hydrogen-bond acceptors (Lipinski definition) is 4. The molecule has 6 nitrogen and oxygen atoms in total. The Balaban J connectivity index is 2.02. The highest BCUT2D eigenvalue weighted by Gasteiger charge is 2.29. The molecule has 0 bridgehead atoms. The molecule has 0 aromatic heterocycles. The fourth-order valence-corrected chi connectivity index (χ4v) is 4.96. The molecule has 0 aliphatic rings. The standard InChI is InChI=1S/C25H28N2O4S/c1-18(2)21-14-10-11-19(3)25(21)26-24(28)17-27(22-15-8-9-16-23(22)31-4)32(29,30)20-12-6-5-7-13-20/h5-16,18H,17H2,1-4H3,(H,26,28). The quantitative estimate of drug-likeness (QED) is 0.524. The van der Waals surface area contributed by atoms with Gasteiger partial charge in [0.25, 0.3) is 10.0 Å². The number of ether oxygens (including phenoxy) is 1. The molecule has 0 fully saturated rings. The van der Waals surface area contributed by atoms with Crippen LogP contribution in [0.5, 0.6) is 5.75 Å². The Labute approximate surface area is 189 Å². The summed E-state index contributed by atoms with van der Waals surface area (Å²) in [6, 6.07) is 20.6. The number of sulfonamides is 1. The molecule has 0 unspecified atom stereocenters. The van der Waals surface area contributed by atoms with Crippen LogP contribution < -0.4 is 14.4 Å². The molecule has 3 rings (SSSR count). The second-order valence-corrected chi connectivity index (χ2v) is 9.60. The van der Waals surface area contributed by atoms with Crippen molar-refractivity contribution in [1.82, 2.24) is 0 Å². The molecule has 0 saturated carbocycles. The second kappa shape index (κ2) is 9.87. The molecule has 1 N–H and O–H groups in total. The lowest BCUT2D eigenvalue weighted by atomic mass is 9.98. The number of carbonyl (C=O) groups excluding carboxylic acids is 1. The van der Waals surface area contributed by atoms with Gasteiger partial charge in [0, 0.05) is 5.69 Å². The zero-order valence-corrected chi connectivity index (χ0v) is 19.5. The number of anilines is 2. The molecule has 1 amide bonds. The van der Waals surface area contributed by atoms with Gasteiger partial charge in [0.15, 0.2) is 0 Å². The van der Waals surface area contributed by atoms with Gasteiger partial charge >= 0.3 is 0 Å². The van der Waals surface area contributed by atoms with Gasteiger partial charge < -0.3 is 10.1 Å². The first-order chi connectivity index (χ1) is 15.3. The zero-order valence-electron chi connectivity index (χ0n) is 18.7. The number of nitrogens with one attached hydrogen (secondary N) is 1. The smallest absolute Gasteiger partial charge is 0.264 e. The van der Waals surface area contributed by atoms with E-state index in [1.807, 2.05) is 39.0 Å². The third-order valence-corrected chi connectivity index (χ3v) is 6.94. The maximum atomic E-state index is 13.5. The summed E-state index contributed by atoms with van der Waals surface area (Å²) in [5, 5.41) is 2.94. The number of carbonyl (C=O) groups is 1. The van der Waals surface area contributed by atoms with Gasteiger partial charge in [-0.05, 0) is 48.2 Å². The first-order valence-corrected chi connectivity index (χ1v) is 11.8. The van der Waals surface area contributed by atoms with Crippen LogP contribution in [0.25, 0.3) is 0 Å². The molecule has 3 aromatic carbocycles. The monoisotopic (exact) mass is 452 g/mol. The molecule has 7 heteroatoms. The summed E-state index contributed by atoms with van der Waals surface area (Å²) in [6.45, 7) is 5.61. The number of nitrogens with zero attached hydrogens (tertiary/aromatic N) is 1. The minimum Gasteiger partial charge on any atom is -0.495 e. The SMILES string of the molecule is COc1ccccc1N(CC(=O)Nc1c(C)cccc1C(C)C)S(=O)(=O)c1ccccc1. The Morgan fingerprint density at radius 1 is 0.969 bits per heavy atom. The summed E-state index contributed by atoms with van der Waals surface area (Å²) in [4.78, 5) is 13.2. The molecule has 0 aliphatic heterocycles. The van der Waals surface area contributed by atoms with Crippen molar-refractivity contribution in [2.45, 2.75) is 31.6 Å². The average Bonchev–Trinajstić information content (AvgIpc) is 2.79. The third-order valence-electron chi connectivity index (χ3n) is 5.16. The number of methoxy groups -OCH3 is 1. The van der Waals surface area contributed by atoms with Gasteiger partial charge in [-0.25, -0.2) is 8.42 Å². The lowest BCUT2D eigenvalue weighted by molar-refractivity contribution is -0.114. The van der Waals surface area contributed by atoms with Crippen LogP contribution in [0.4, 0.5) is 11.4 Å². The summed E-state index contributed by atoms with van der Waals surface area (Å²) in [5.74, 6) is 0.119. The molecule has 0 saturated heterocycles. The molecule has 32 heavy (non-hydrogen) atoms. The zero-order chi connectivity index (χ0) is 23.3. The molecule has 0 spiro atoms. The van der Waals surface area contributed by atoms with E-state index in [1.54, 1.807) is 42.5 Å². The average molecular weight is 453 g/mol. The van der Waals surface area contributed by atoms with E-state index in [0.29, 0.717) is 17.1 Å². The maximum Gasteiger partial charge on any atom is 0.264 e. The number of aryl methyl sites for hydroxylation is 1. The fraction of sp³-hybridized carbons (Fsp3) is 0.240. The summed E-state index contributed by atoms with van der Waals surface area (Å²) in [5.41, 5.74) is 2.92. The van der Waals surface area contributed by atoms with Crippen molar-refractivity contribution in [2.24, 2.45) is 0 Å². The fourth-order valence-electron chi connectivity index (χ4n) is 3.51. The van der Waals surface area contributed by atoms with Crippen molar-refractivity contribution >= 4 is 27.3 Å². The van der Waals surface area contributed by atoms with Gasteiger partial charge in [0.2, 0.25) is 5.91 Å². The van der Waals surface area contributed by atoms with Gasteiger partial charge in [-0.3, -0.25) is 9.10 Å². The van der Waals surface area contributed by atoms with Gasteiger partial charge in [-0.2, -0.15) is 0 Å². The lowest BCUT2D eigenvalue weighted by Gasteiger charge is -2.26. The van der Waals surface area contributed by atoms with Gasteiger partial charge in [0.05, 0.1) is 17.7 Å². The Bertz CT molecular complexity index is 1190. The normalized spacial score (nSPS) is 11.3.